The van der Waals surface area contributed by atoms with Gasteiger partial charge in [0.15, 0.2) is 0 Å². The van der Waals surface area contributed by atoms with E-state index >= 15 is 0 Å². The van der Waals surface area contributed by atoms with Gasteiger partial charge in [0, 0.05) is 24.4 Å². The van der Waals surface area contributed by atoms with E-state index < -0.39 is 36.1 Å². The molecule has 156 valence electrons. The maximum absolute atomic E-state index is 12.2. The van der Waals surface area contributed by atoms with Crippen LogP contribution in [-0.2, 0) is 14.0 Å². The van der Waals surface area contributed by atoms with Gasteiger partial charge in [0.05, 0.1) is 29.9 Å². The van der Waals surface area contributed by atoms with Crippen molar-refractivity contribution in [1.29, 1.82) is 0 Å². The third-order valence-electron chi connectivity index (χ3n) is 5.68. The fourth-order valence-corrected chi connectivity index (χ4v) is 3.36. The van der Waals surface area contributed by atoms with Crippen molar-refractivity contribution < 1.29 is 23.9 Å². The van der Waals surface area contributed by atoms with Crippen LogP contribution in [0.25, 0.3) is 0 Å². The quantitative estimate of drug-likeness (QED) is 0.771. The summed E-state index contributed by atoms with van der Waals surface area (Å²) in [6.07, 6.45) is 3.04. The zero-order valence-corrected chi connectivity index (χ0v) is 17.9. The Balaban J connectivity index is 1.64. The van der Waals surface area contributed by atoms with Crippen LogP contribution < -0.4 is 5.46 Å². The van der Waals surface area contributed by atoms with Gasteiger partial charge in [-0.25, -0.2) is 4.79 Å². The smallest absolute Gasteiger partial charge is 0.444 e. The Bertz CT molecular complexity index is 711. The molecule has 2 aliphatic heterocycles. The van der Waals surface area contributed by atoms with Crippen molar-refractivity contribution >= 4 is 18.7 Å². The van der Waals surface area contributed by atoms with E-state index in [1.807, 2.05) is 54.7 Å². The third kappa shape index (κ3) is 4.21. The molecule has 0 bridgehead atoms. The molecule has 8 nitrogen and oxygen atoms in total. The fraction of sp³-hybridized carbons (Fsp3) is 0.789. The molecule has 1 N–H and O–H groups in total. The highest BCUT2D eigenvalue weighted by Crippen LogP contribution is 2.36. The number of hydrogen-bond acceptors (Lipinski definition) is 6. The number of aliphatic hydroxyl groups excluding tert-OH is 1. The highest BCUT2D eigenvalue weighted by molar-refractivity contribution is 6.62. The minimum Gasteiger partial charge on any atom is -0.444 e. The number of carbonyl (C=O) groups excluding carboxylic acids is 1. The molecular formula is C19H32BN3O5. The molecule has 2 unspecified atom stereocenters. The summed E-state index contributed by atoms with van der Waals surface area (Å²) in [5.74, 6) is 0. The summed E-state index contributed by atoms with van der Waals surface area (Å²) >= 11 is 0. The second-order valence-corrected chi connectivity index (χ2v) is 9.69. The zero-order valence-electron chi connectivity index (χ0n) is 17.9. The first-order valence-electron chi connectivity index (χ1n) is 9.85. The van der Waals surface area contributed by atoms with Crippen LogP contribution >= 0.6 is 0 Å². The molecule has 2 fully saturated rings. The van der Waals surface area contributed by atoms with Crippen molar-refractivity contribution in [2.75, 3.05) is 13.1 Å². The van der Waals surface area contributed by atoms with Gasteiger partial charge < -0.3 is 24.1 Å². The van der Waals surface area contributed by atoms with Crippen molar-refractivity contribution in [2.45, 2.75) is 83.8 Å². The molecule has 3 heterocycles. The lowest BCUT2D eigenvalue weighted by Crippen LogP contribution is -2.48. The number of aromatic nitrogens is 2. The van der Waals surface area contributed by atoms with Crippen LogP contribution in [-0.4, -0.2) is 69.0 Å². The summed E-state index contributed by atoms with van der Waals surface area (Å²) in [4.78, 5) is 13.8. The van der Waals surface area contributed by atoms with Crippen molar-refractivity contribution in [3.05, 3.63) is 12.4 Å². The number of carbonyl (C=O) groups is 1. The minimum absolute atomic E-state index is 0.213. The van der Waals surface area contributed by atoms with Crippen molar-refractivity contribution in [1.82, 2.24) is 14.7 Å². The molecule has 3 rings (SSSR count). The summed E-state index contributed by atoms with van der Waals surface area (Å²) in [5.41, 5.74) is -0.574. The number of rotatable bonds is 2. The monoisotopic (exact) mass is 393 g/mol. The molecule has 2 saturated heterocycles. The molecule has 9 heteroatoms. The van der Waals surface area contributed by atoms with Gasteiger partial charge in [0.1, 0.15) is 5.60 Å². The maximum atomic E-state index is 12.2. The Kier molecular flexibility index (Phi) is 5.31. The van der Waals surface area contributed by atoms with E-state index in [9.17, 15) is 9.90 Å². The van der Waals surface area contributed by atoms with Gasteiger partial charge in [-0.3, -0.25) is 4.68 Å². The topological polar surface area (TPSA) is 86.1 Å². The number of aliphatic hydroxyl groups is 1. The van der Waals surface area contributed by atoms with Gasteiger partial charge in [0.2, 0.25) is 0 Å². The molecule has 1 aromatic heterocycles. The van der Waals surface area contributed by atoms with Crippen molar-refractivity contribution in [3.8, 4) is 0 Å². The van der Waals surface area contributed by atoms with Crippen molar-refractivity contribution in [2.24, 2.45) is 0 Å². The molecule has 0 spiro atoms. The molecule has 0 aliphatic carbocycles. The number of nitrogens with zero attached hydrogens (tertiary/aromatic N) is 3. The first-order chi connectivity index (χ1) is 12.8. The molecule has 2 atom stereocenters. The molecule has 0 saturated carbocycles. The van der Waals surface area contributed by atoms with E-state index in [4.69, 9.17) is 14.0 Å². The molecule has 0 aromatic carbocycles. The molecular weight excluding hydrogens is 361 g/mol. The minimum atomic E-state index is -0.729. The number of piperidine rings is 1. The van der Waals surface area contributed by atoms with Crippen LogP contribution in [0.4, 0.5) is 4.79 Å². The highest BCUT2D eigenvalue weighted by Gasteiger charge is 2.52. The van der Waals surface area contributed by atoms with Gasteiger partial charge >= 0.3 is 13.2 Å². The van der Waals surface area contributed by atoms with Gasteiger partial charge in [-0.05, 0) is 54.9 Å². The van der Waals surface area contributed by atoms with Crippen LogP contribution in [0.1, 0.15) is 60.9 Å². The van der Waals surface area contributed by atoms with E-state index in [1.54, 1.807) is 15.8 Å². The lowest BCUT2D eigenvalue weighted by atomic mass is 9.82. The van der Waals surface area contributed by atoms with Gasteiger partial charge in [-0.2, -0.15) is 5.10 Å². The maximum Gasteiger partial charge on any atom is 0.498 e. The fourth-order valence-electron chi connectivity index (χ4n) is 3.36. The summed E-state index contributed by atoms with van der Waals surface area (Å²) in [6.45, 7) is 14.2. The summed E-state index contributed by atoms with van der Waals surface area (Å²) in [5, 5.41) is 15.0. The molecule has 28 heavy (non-hydrogen) atoms. The lowest BCUT2D eigenvalue weighted by Gasteiger charge is -2.36. The van der Waals surface area contributed by atoms with Gasteiger partial charge in [0.25, 0.3) is 0 Å². The number of β-amino-alcohol motifs (C(OH)–C–C–N with tert-alkyl or cyclic N) is 1. The Hall–Kier alpha value is -1.58. The Labute approximate surface area is 167 Å². The Morgan fingerprint density at radius 3 is 2.43 bits per heavy atom. The summed E-state index contributed by atoms with van der Waals surface area (Å²) in [6, 6.07) is -0.213. The first kappa shape index (κ1) is 21.1. The lowest BCUT2D eigenvalue weighted by molar-refractivity contribution is -0.0118. The number of likely N-dealkylation sites (tertiary alicyclic amines) is 1. The normalized spacial score (nSPS) is 27.1. The van der Waals surface area contributed by atoms with Crippen molar-refractivity contribution in [3.63, 3.8) is 0 Å². The average molecular weight is 393 g/mol. The first-order valence-corrected chi connectivity index (χ1v) is 9.85. The van der Waals surface area contributed by atoms with Crippen LogP contribution in [0, 0.1) is 0 Å². The predicted octanol–water partition coefficient (Wildman–Crippen LogP) is 1.73. The SMILES string of the molecule is CC(C)(C)OC(=O)N1CCC(n2cc(B3OC(C)(C)C(C)(C)O3)cn2)C(O)C1. The summed E-state index contributed by atoms with van der Waals surface area (Å²) in [7, 11) is -0.488. The van der Waals surface area contributed by atoms with Crippen LogP contribution in [0.3, 0.4) is 0 Å². The standard InChI is InChI=1S/C19H32BN3O5/c1-17(2,3)26-16(25)22-9-8-14(15(24)12-22)23-11-13(10-21-23)20-27-18(4,5)19(6,7)28-20/h10-11,14-15,24H,8-9,12H2,1-7H3. The number of ether oxygens (including phenoxy) is 1. The molecule has 1 aromatic rings. The number of hydrogen-bond donors (Lipinski definition) is 1. The van der Waals surface area contributed by atoms with Crippen LogP contribution in [0.2, 0.25) is 0 Å². The predicted molar refractivity (Wildman–Crippen MR) is 105 cm³/mol. The van der Waals surface area contributed by atoms with Crippen LogP contribution in [0.15, 0.2) is 12.4 Å². The summed E-state index contributed by atoms with van der Waals surface area (Å²) < 4.78 is 19.3. The molecule has 1 amide bonds. The second-order valence-electron chi connectivity index (χ2n) is 9.69. The highest BCUT2D eigenvalue weighted by atomic mass is 16.7. The third-order valence-corrected chi connectivity index (χ3v) is 5.68. The molecule has 0 radical (unpaired) electrons. The van der Waals surface area contributed by atoms with Crippen LogP contribution in [0.5, 0.6) is 0 Å². The van der Waals surface area contributed by atoms with E-state index in [0.717, 1.165) is 5.46 Å². The van der Waals surface area contributed by atoms with E-state index in [0.29, 0.717) is 13.0 Å². The Morgan fingerprint density at radius 1 is 1.29 bits per heavy atom. The average Bonchev–Trinajstić information content (AvgIpc) is 3.08. The van der Waals surface area contributed by atoms with E-state index in [1.165, 1.54) is 0 Å². The van der Waals surface area contributed by atoms with Gasteiger partial charge in [-0.1, -0.05) is 0 Å². The number of amides is 1. The van der Waals surface area contributed by atoms with E-state index in [2.05, 4.69) is 5.10 Å². The molecule has 2 aliphatic rings. The Morgan fingerprint density at radius 2 is 1.89 bits per heavy atom. The second kappa shape index (κ2) is 7.04. The zero-order chi connectivity index (χ0) is 20.9. The largest absolute Gasteiger partial charge is 0.498 e. The van der Waals surface area contributed by atoms with Gasteiger partial charge in [-0.15, -0.1) is 0 Å². The van der Waals surface area contributed by atoms with E-state index in [-0.39, 0.29) is 12.6 Å².